The van der Waals surface area contributed by atoms with Gasteiger partial charge in [-0.15, -0.1) is 0 Å². The molecule has 3 N–H and O–H groups in total. The van der Waals surface area contributed by atoms with Crippen molar-refractivity contribution in [1.82, 2.24) is 20.9 Å². The summed E-state index contributed by atoms with van der Waals surface area (Å²) in [5.74, 6) is -2.67. The number of carbonyl (C=O) groups excluding carboxylic acids is 4. The van der Waals surface area contributed by atoms with Gasteiger partial charge < -0.3 is 20.3 Å². The summed E-state index contributed by atoms with van der Waals surface area (Å²) in [7, 11) is 0. The minimum absolute atomic E-state index is 0.0202. The number of amides is 5. The van der Waals surface area contributed by atoms with Crippen LogP contribution in [0.1, 0.15) is 32.6 Å². The van der Waals surface area contributed by atoms with Crippen molar-refractivity contribution in [1.29, 1.82) is 0 Å². The SMILES string of the molecule is C[C@@H]1CN(C(=O)[C@@H]2CC(=O)NC(=O)N2)C[C@@H]1NC(=O)C1(C(F)(F)F)CCCCO1. The smallest absolute Gasteiger partial charge is 0.357 e. The fraction of sp³-hybridized carbons (Fsp3) is 0.765. The van der Waals surface area contributed by atoms with E-state index in [9.17, 15) is 32.3 Å². The van der Waals surface area contributed by atoms with E-state index in [2.05, 4.69) is 10.6 Å². The first-order valence-corrected chi connectivity index (χ1v) is 9.44. The lowest BCUT2D eigenvalue weighted by Crippen LogP contribution is -2.62. The number of nitrogens with one attached hydrogen (secondary N) is 3. The van der Waals surface area contributed by atoms with E-state index in [1.54, 1.807) is 6.92 Å². The highest BCUT2D eigenvalue weighted by Gasteiger charge is 2.62. The largest absolute Gasteiger partial charge is 0.426 e. The number of rotatable bonds is 3. The highest BCUT2D eigenvalue weighted by Crippen LogP contribution is 2.40. The van der Waals surface area contributed by atoms with Gasteiger partial charge in [-0.05, 0) is 25.2 Å². The fourth-order valence-corrected chi connectivity index (χ4v) is 3.92. The third kappa shape index (κ3) is 4.16. The zero-order chi connectivity index (χ0) is 21.4. The lowest BCUT2D eigenvalue weighted by molar-refractivity contribution is -0.277. The zero-order valence-electron chi connectivity index (χ0n) is 15.8. The van der Waals surface area contributed by atoms with Gasteiger partial charge in [-0.1, -0.05) is 6.92 Å². The van der Waals surface area contributed by atoms with Crippen molar-refractivity contribution < 1.29 is 37.1 Å². The molecule has 29 heavy (non-hydrogen) atoms. The molecule has 0 aliphatic carbocycles. The molecule has 4 atom stereocenters. The Morgan fingerprint density at radius 1 is 1.24 bits per heavy atom. The van der Waals surface area contributed by atoms with Crippen LogP contribution in [-0.2, 0) is 19.1 Å². The number of carbonyl (C=O) groups is 4. The number of likely N-dealkylation sites (tertiary alicyclic amines) is 1. The Labute approximate surface area is 164 Å². The Morgan fingerprint density at radius 2 is 1.97 bits per heavy atom. The van der Waals surface area contributed by atoms with Crippen molar-refractivity contribution in [3.05, 3.63) is 0 Å². The molecule has 0 aromatic heterocycles. The number of urea groups is 1. The molecule has 9 nitrogen and oxygen atoms in total. The topological polar surface area (TPSA) is 117 Å². The fourth-order valence-electron chi connectivity index (χ4n) is 3.92. The highest BCUT2D eigenvalue weighted by atomic mass is 19.4. The molecule has 1 unspecified atom stereocenters. The van der Waals surface area contributed by atoms with E-state index in [4.69, 9.17) is 4.74 Å². The summed E-state index contributed by atoms with van der Waals surface area (Å²) in [6.45, 7) is 1.71. The molecule has 0 spiro atoms. The van der Waals surface area contributed by atoms with Crippen LogP contribution in [0.15, 0.2) is 0 Å². The first kappa shape index (κ1) is 21.3. The molecule has 0 saturated carbocycles. The van der Waals surface area contributed by atoms with E-state index in [-0.39, 0.29) is 38.5 Å². The number of halogens is 3. The Kier molecular flexibility index (Phi) is 5.74. The van der Waals surface area contributed by atoms with Crippen LogP contribution in [0.3, 0.4) is 0 Å². The quantitative estimate of drug-likeness (QED) is 0.597. The average molecular weight is 420 g/mol. The molecular formula is C17H23F3N4O5. The zero-order valence-corrected chi connectivity index (χ0v) is 15.8. The van der Waals surface area contributed by atoms with Crippen LogP contribution in [0.5, 0.6) is 0 Å². The first-order chi connectivity index (χ1) is 13.5. The van der Waals surface area contributed by atoms with Crippen LogP contribution in [-0.4, -0.2) is 72.2 Å². The summed E-state index contributed by atoms with van der Waals surface area (Å²) in [5.41, 5.74) is -2.88. The van der Waals surface area contributed by atoms with E-state index in [1.165, 1.54) is 4.90 Å². The average Bonchev–Trinajstić information content (AvgIpc) is 3.00. The molecule has 3 heterocycles. The lowest BCUT2D eigenvalue weighted by Gasteiger charge is -2.38. The van der Waals surface area contributed by atoms with Gasteiger partial charge in [0.2, 0.25) is 17.4 Å². The Hall–Kier alpha value is -2.37. The van der Waals surface area contributed by atoms with Crippen LogP contribution in [0, 0.1) is 5.92 Å². The minimum atomic E-state index is -4.85. The summed E-state index contributed by atoms with van der Waals surface area (Å²) >= 11 is 0. The van der Waals surface area contributed by atoms with Crippen molar-refractivity contribution in [3.8, 4) is 0 Å². The van der Waals surface area contributed by atoms with Crippen LogP contribution in [0.4, 0.5) is 18.0 Å². The highest BCUT2D eigenvalue weighted by molar-refractivity contribution is 6.02. The summed E-state index contributed by atoms with van der Waals surface area (Å²) in [6.07, 6.45) is -4.85. The maximum Gasteiger partial charge on any atom is 0.426 e. The van der Waals surface area contributed by atoms with Crippen molar-refractivity contribution >= 4 is 23.8 Å². The Bertz CT molecular complexity index is 692. The lowest BCUT2D eigenvalue weighted by atomic mass is 9.91. The number of ether oxygens (including phenoxy) is 1. The third-order valence-electron chi connectivity index (χ3n) is 5.58. The molecule has 3 rings (SSSR count). The second kappa shape index (κ2) is 7.81. The first-order valence-electron chi connectivity index (χ1n) is 9.44. The van der Waals surface area contributed by atoms with Crippen LogP contribution < -0.4 is 16.0 Å². The number of hydrogen-bond acceptors (Lipinski definition) is 5. The monoisotopic (exact) mass is 420 g/mol. The van der Waals surface area contributed by atoms with Crippen molar-refractivity contribution in [3.63, 3.8) is 0 Å². The second-order valence-electron chi connectivity index (χ2n) is 7.71. The number of nitrogens with zero attached hydrogens (tertiary/aromatic N) is 1. The number of hydrogen-bond donors (Lipinski definition) is 3. The molecule has 12 heteroatoms. The molecule has 3 aliphatic heterocycles. The minimum Gasteiger partial charge on any atom is -0.357 e. The predicted octanol–water partition coefficient (Wildman–Crippen LogP) is 0.0492. The van der Waals surface area contributed by atoms with E-state index in [0.29, 0.717) is 6.42 Å². The predicted molar refractivity (Wildman–Crippen MR) is 91.3 cm³/mol. The van der Waals surface area contributed by atoms with E-state index < -0.39 is 54.0 Å². The maximum atomic E-state index is 13.6. The van der Waals surface area contributed by atoms with E-state index >= 15 is 0 Å². The van der Waals surface area contributed by atoms with Crippen LogP contribution >= 0.6 is 0 Å². The van der Waals surface area contributed by atoms with Gasteiger partial charge in [0.15, 0.2) is 0 Å². The third-order valence-corrected chi connectivity index (χ3v) is 5.58. The van der Waals surface area contributed by atoms with Crippen molar-refractivity contribution in [2.45, 2.75) is 56.5 Å². The van der Waals surface area contributed by atoms with Gasteiger partial charge in [0.05, 0.1) is 12.5 Å². The normalized spacial score (nSPS) is 33.1. The summed E-state index contributed by atoms with van der Waals surface area (Å²) in [4.78, 5) is 49.4. The van der Waals surface area contributed by atoms with Gasteiger partial charge in [-0.2, -0.15) is 13.2 Å². The van der Waals surface area contributed by atoms with Gasteiger partial charge in [-0.25, -0.2) is 4.79 Å². The molecule has 3 saturated heterocycles. The summed E-state index contributed by atoms with van der Waals surface area (Å²) < 4.78 is 45.8. The standard InChI is InChI=1S/C17H23F3N4O5/c1-9-7-24(13(26)10-6-12(25)23-15(28)22-10)8-11(9)21-14(27)16(17(18,19)20)4-2-3-5-29-16/h9-11H,2-8H2,1H3,(H,21,27)(H2,22,23,25,28)/t9-,10+,11+,16?/m1/s1. The van der Waals surface area contributed by atoms with E-state index in [1.807, 2.05) is 5.32 Å². The molecular weight excluding hydrogens is 397 g/mol. The molecule has 3 fully saturated rings. The molecule has 5 amide bonds. The molecule has 0 aromatic rings. The van der Waals surface area contributed by atoms with Gasteiger partial charge in [-0.3, -0.25) is 19.7 Å². The molecule has 0 bridgehead atoms. The molecule has 0 aromatic carbocycles. The van der Waals surface area contributed by atoms with Crippen LogP contribution in [0.2, 0.25) is 0 Å². The Morgan fingerprint density at radius 3 is 2.55 bits per heavy atom. The maximum absolute atomic E-state index is 13.6. The van der Waals surface area contributed by atoms with E-state index in [0.717, 1.165) is 0 Å². The summed E-state index contributed by atoms with van der Waals surface area (Å²) in [6, 6.07) is -2.52. The van der Waals surface area contributed by atoms with Gasteiger partial charge in [0.1, 0.15) is 6.04 Å². The van der Waals surface area contributed by atoms with Crippen molar-refractivity contribution in [2.24, 2.45) is 5.92 Å². The number of alkyl halides is 3. The Balaban J connectivity index is 1.66. The second-order valence-corrected chi connectivity index (χ2v) is 7.71. The van der Waals surface area contributed by atoms with Gasteiger partial charge in [0, 0.05) is 19.7 Å². The summed E-state index contributed by atoms with van der Waals surface area (Å²) in [5, 5.41) is 6.78. The molecule has 0 radical (unpaired) electrons. The van der Waals surface area contributed by atoms with Crippen molar-refractivity contribution in [2.75, 3.05) is 19.7 Å². The number of imide groups is 1. The molecule has 3 aliphatic rings. The van der Waals surface area contributed by atoms with Gasteiger partial charge >= 0.3 is 12.2 Å². The molecule has 162 valence electrons. The van der Waals surface area contributed by atoms with Crippen LogP contribution in [0.25, 0.3) is 0 Å². The van der Waals surface area contributed by atoms with Gasteiger partial charge in [0.25, 0.3) is 5.91 Å².